The van der Waals surface area contributed by atoms with Gasteiger partial charge in [-0.05, 0) is 47.0 Å². The van der Waals surface area contributed by atoms with Gasteiger partial charge in [-0.15, -0.1) is 0 Å². The summed E-state index contributed by atoms with van der Waals surface area (Å²) in [5, 5.41) is 9.02. The number of aryl methyl sites for hydroxylation is 1. The summed E-state index contributed by atoms with van der Waals surface area (Å²) in [6.07, 6.45) is -0.443. The van der Waals surface area contributed by atoms with E-state index in [9.17, 15) is 18.0 Å². The molecule has 0 bridgehead atoms. The first-order valence-electron chi connectivity index (χ1n) is 5.93. The summed E-state index contributed by atoms with van der Waals surface area (Å²) in [5.74, 6) is -2.07. The molecule has 9 heteroatoms. The normalized spacial score (nSPS) is 12.9. The molecule has 0 radical (unpaired) electrons. The number of halogens is 1. The number of carboxylic acids is 1. The number of amides is 1. The lowest BCUT2D eigenvalue weighted by Gasteiger charge is -2.15. The van der Waals surface area contributed by atoms with E-state index in [4.69, 9.17) is 10.8 Å². The summed E-state index contributed by atoms with van der Waals surface area (Å²) in [7, 11) is -4.03. The number of carboxylic acid groups (broad SMARTS) is 1. The Morgan fingerprint density at radius 2 is 2.05 bits per heavy atom. The second-order valence-electron chi connectivity index (χ2n) is 4.45. The molecule has 1 rings (SSSR count). The van der Waals surface area contributed by atoms with Gasteiger partial charge >= 0.3 is 5.97 Å². The molecule has 1 atom stereocenters. The van der Waals surface area contributed by atoms with Crippen molar-refractivity contribution in [2.45, 2.75) is 30.7 Å². The van der Waals surface area contributed by atoms with Crippen LogP contribution < -0.4 is 10.5 Å². The molecular formula is C12H15BrN2O5S. The largest absolute Gasteiger partial charge is 0.480 e. The average Bonchev–Trinajstić information content (AvgIpc) is 2.33. The molecule has 0 aliphatic heterocycles. The molecule has 21 heavy (non-hydrogen) atoms. The van der Waals surface area contributed by atoms with E-state index in [1.54, 1.807) is 19.1 Å². The van der Waals surface area contributed by atoms with Crippen molar-refractivity contribution in [2.24, 2.45) is 5.73 Å². The van der Waals surface area contributed by atoms with Crippen LogP contribution in [0.1, 0.15) is 18.4 Å². The van der Waals surface area contributed by atoms with Crippen LogP contribution in [0.4, 0.5) is 0 Å². The fourth-order valence-corrected chi connectivity index (χ4v) is 4.01. The number of carbonyl (C=O) groups excluding carboxylic acids is 1. The summed E-state index contributed by atoms with van der Waals surface area (Å²) >= 11 is 3.13. The van der Waals surface area contributed by atoms with Crippen LogP contribution in [0, 0.1) is 6.92 Å². The van der Waals surface area contributed by atoms with Gasteiger partial charge in [0.2, 0.25) is 15.9 Å². The highest BCUT2D eigenvalue weighted by molar-refractivity contribution is 9.10. The SMILES string of the molecule is Cc1ccc(S(=O)(=O)N[C@@H](CCC(N)=O)C(=O)O)c(Br)c1. The van der Waals surface area contributed by atoms with Gasteiger partial charge in [-0.25, -0.2) is 8.42 Å². The van der Waals surface area contributed by atoms with Crippen molar-refractivity contribution in [3.63, 3.8) is 0 Å². The minimum atomic E-state index is -4.03. The molecule has 116 valence electrons. The molecule has 0 heterocycles. The number of nitrogens with one attached hydrogen (secondary N) is 1. The average molecular weight is 379 g/mol. The van der Waals surface area contributed by atoms with E-state index < -0.39 is 27.9 Å². The minimum Gasteiger partial charge on any atom is -0.480 e. The maximum absolute atomic E-state index is 12.2. The van der Waals surface area contributed by atoms with E-state index in [0.29, 0.717) is 4.47 Å². The Labute approximate surface area is 130 Å². The van der Waals surface area contributed by atoms with E-state index in [1.807, 2.05) is 0 Å². The quantitative estimate of drug-likeness (QED) is 0.645. The lowest BCUT2D eigenvalue weighted by atomic mass is 10.2. The van der Waals surface area contributed by atoms with Gasteiger partial charge in [0.05, 0.1) is 4.90 Å². The van der Waals surface area contributed by atoms with Crippen LogP contribution in [0.3, 0.4) is 0 Å². The van der Waals surface area contributed by atoms with E-state index in [-0.39, 0.29) is 17.7 Å². The molecule has 0 spiro atoms. The molecule has 0 fully saturated rings. The van der Waals surface area contributed by atoms with Crippen molar-refractivity contribution in [1.29, 1.82) is 0 Å². The van der Waals surface area contributed by atoms with Gasteiger partial charge in [-0.2, -0.15) is 4.72 Å². The van der Waals surface area contributed by atoms with Crippen molar-refractivity contribution < 1.29 is 23.1 Å². The van der Waals surface area contributed by atoms with Gasteiger partial charge in [0.1, 0.15) is 6.04 Å². The molecule has 0 aromatic heterocycles. The number of hydrogen-bond acceptors (Lipinski definition) is 4. The Hall–Kier alpha value is -1.45. The van der Waals surface area contributed by atoms with Crippen molar-refractivity contribution >= 4 is 37.8 Å². The Bertz CT molecular complexity index is 660. The molecule has 1 amide bonds. The number of nitrogens with two attached hydrogens (primary N) is 1. The van der Waals surface area contributed by atoms with E-state index >= 15 is 0 Å². The third kappa shape index (κ3) is 5.10. The molecule has 1 aromatic carbocycles. The molecule has 0 aliphatic rings. The fraction of sp³-hybridized carbons (Fsp3) is 0.333. The predicted molar refractivity (Wildman–Crippen MR) is 79.1 cm³/mol. The number of sulfonamides is 1. The van der Waals surface area contributed by atoms with Crippen LogP contribution in [0.15, 0.2) is 27.6 Å². The second kappa shape index (κ2) is 7.01. The van der Waals surface area contributed by atoms with Gasteiger partial charge in [-0.1, -0.05) is 6.07 Å². The lowest BCUT2D eigenvalue weighted by molar-refractivity contribution is -0.139. The number of rotatable bonds is 7. The van der Waals surface area contributed by atoms with Crippen LogP contribution in [0.2, 0.25) is 0 Å². The fourth-order valence-electron chi connectivity index (χ4n) is 1.59. The molecular weight excluding hydrogens is 364 g/mol. The van der Waals surface area contributed by atoms with E-state index in [1.165, 1.54) is 6.07 Å². The molecule has 7 nitrogen and oxygen atoms in total. The number of aliphatic carboxylic acids is 1. The topological polar surface area (TPSA) is 127 Å². The van der Waals surface area contributed by atoms with Crippen LogP contribution in [0.5, 0.6) is 0 Å². The molecule has 0 aliphatic carbocycles. The highest BCUT2D eigenvalue weighted by Gasteiger charge is 2.27. The monoisotopic (exact) mass is 378 g/mol. The first-order valence-corrected chi connectivity index (χ1v) is 8.20. The zero-order valence-electron chi connectivity index (χ0n) is 11.2. The maximum Gasteiger partial charge on any atom is 0.321 e. The van der Waals surface area contributed by atoms with Crippen molar-refractivity contribution in [2.75, 3.05) is 0 Å². The predicted octanol–water partition coefficient (Wildman–Crippen LogP) is 0.755. The van der Waals surface area contributed by atoms with E-state index in [2.05, 4.69) is 20.7 Å². The second-order valence-corrected chi connectivity index (χ2v) is 6.99. The third-order valence-corrected chi connectivity index (χ3v) is 5.10. The highest BCUT2D eigenvalue weighted by atomic mass is 79.9. The van der Waals surface area contributed by atoms with E-state index in [0.717, 1.165) is 5.56 Å². The van der Waals surface area contributed by atoms with Gasteiger partial charge in [-0.3, -0.25) is 9.59 Å². The summed E-state index contributed by atoms with van der Waals surface area (Å²) in [4.78, 5) is 21.7. The Morgan fingerprint density at radius 3 is 2.52 bits per heavy atom. The zero-order valence-corrected chi connectivity index (χ0v) is 13.6. The minimum absolute atomic E-state index is 0.0709. The summed E-state index contributed by atoms with van der Waals surface area (Å²) < 4.78 is 26.8. The van der Waals surface area contributed by atoms with Gasteiger partial charge in [0, 0.05) is 10.9 Å². The van der Waals surface area contributed by atoms with Crippen LogP contribution >= 0.6 is 15.9 Å². The van der Waals surface area contributed by atoms with Gasteiger partial charge in [0.15, 0.2) is 0 Å². The third-order valence-electron chi connectivity index (χ3n) is 2.65. The van der Waals surface area contributed by atoms with Crippen LogP contribution in [-0.2, 0) is 19.6 Å². The Morgan fingerprint density at radius 1 is 1.43 bits per heavy atom. The molecule has 4 N–H and O–H groups in total. The number of benzene rings is 1. The zero-order chi connectivity index (χ0) is 16.2. The van der Waals surface area contributed by atoms with Crippen LogP contribution in [0.25, 0.3) is 0 Å². The Kier molecular flexibility index (Phi) is 5.87. The number of hydrogen-bond donors (Lipinski definition) is 3. The van der Waals surface area contributed by atoms with Crippen molar-refractivity contribution in [1.82, 2.24) is 4.72 Å². The summed E-state index contributed by atoms with van der Waals surface area (Å²) in [6.45, 7) is 1.79. The number of primary amides is 1. The smallest absolute Gasteiger partial charge is 0.321 e. The molecule has 0 unspecified atom stereocenters. The first kappa shape index (κ1) is 17.6. The highest BCUT2D eigenvalue weighted by Crippen LogP contribution is 2.23. The van der Waals surface area contributed by atoms with Gasteiger partial charge < -0.3 is 10.8 Å². The number of carbonyl (C=O) groups is 2. The molecule has 0 saturated carbocycles. The first-order chi connectivity index (χ1) is 9.63. The maximum atomic E-state index is 12.2. The summed E-state index contributed by atoms with van der Waals surface area (Å²) in [5.41, 5.74) is 5.79. The summed E-state index contributed by atoms with van der Waals surface area (Å²) in [6, 6.07) is 3.15. The lowest BCUT2D eigenvalue weighted by Crippen LogP contribution is -2.41. The molecule has 1 aromatic rings. The standard InChI is InChI=1S/C12H15BrN2O5S/c1-7-2-4-10(8(13)6-7)21(19,20)15-9(12(17)18)3-5-11(14)16/h2,4,6,9,15H,3,5H2,1H3,(H2,14,16)(H,17,18)/t9-/m0/s1. The van der Waals surface area contributed by atoms with Gasteiger partial charge in [0.25, 0.3) is 0 Å². The molecule has 0 saturated heterocycles. The van der Waals surface area contributed by atoms with Crippen LogP contribution in [-0.4, -0.2) is 31.4 Å². The van der Waals surface area contributed by atoms with Crippen molar-refractivity contribution in [3.8, 4) is 0 Å². The van der Waals surface area contributed by atoms with Crippen molar-refractivity contribution in [3.05, 3.63) is 28.2 Å². The Balaban J connectivity index is 3.00.